The number of hydrogen-bond acceptors (Lipinski definition) is 4. The molecule has 1 aromatic heterocycles. The van der Waals surface area contributed by atoms with Crippen LogP contribution in [-0.2, 0) is 6.54 Å². The predicted molar refractivity (Wildman–Crippen MR) is 66.4 cm³/mol. The summed E-state index contributed by atoms with van der Waals surface area (Å²) in [4.78, 5) is 2.44. The van der Waals surface area contributed by atoms with E-state index in [0.29, 0.717) is 11.4 Å². The summed E-state index contributed by atoms with van der Waals surface area (Å²) in [7, 11) is 0. The van der Waals surface area contributed by atoms with Gasteiger partial charge >= 0.3 is 0 Å². The smallest absolute Gasteiger partial charge is 0.140 e. The van der Waals surface area contributed by atoms with Crippen molar-refractivity contribution in [3.63, 3.8) is 0 Å². The normalized spacial score (nSPS) is 16.9. The Kier molecular flexibility index (Phi) is 3.64. The van der Waals surface area contributed by atoms with Crippen LogP contribution in [0, 0.1) is 18.3 Å². The molecule has 1 aromatic rings. The van der Waals surface area contributed by atoms with Crippen LogP contribution in [-0.4, -0.2) is 34.3 Å². The quantitative estimate of drug-likeness (QED) is 0.849. The lowest BCUT2D eigenvalue weighted by Crippen LogP contribution is -2.32. The van der Waals surface area contributed by atoms with Gasteiger partial charge in [0.05, 0.1) is 12.2 Å². The number of nitrogen functional groups attached to an aromatic ring is 1. The van der Waals surface area contributed by atoms with Crippen LogP contribution in [0.3, 0.4) is 0 Å². The minimum atomic E-state index is 0.502. The molecule has 0 atom stereocenters. The first kappa shape index (κ1) is 11.9. The van der Waals surface area contributed by atoms with Gasteiger partial charge in [0.15, 0.2) is 0 Å². The maximum atomic E-state index is 8.94. The van der Waals surface area contributed by atoms with Gasteiger partial charge in [-0.1, -0.05) is 6.42 Å². The number of piperidine rings is 1. The fraction of sp³-hybridized carbons (Fsp3) is 0.667. The number of nitriles is 1. The van der Waals surface area contributed by atoms with Crippen LogP contribution in [0.1, 0.15) is 30.5 Å². The Balaban J connectivity index is 1.97. The number of aromatic nitrogens is 2. The Labute approximate surface area is 102 Å². The molecule has 1 saturated heterocycles. The molecule has 2 rings (SSSR count). The van der Waals surface area contributed by atoms with Crippen LogP contribution < -0.4 is 5.73 Å². The van der Waals surface area contributed by atoms with E-state index in [1.54, 1.807) is 4.68 Å². The lowest BCUT2D eigenvalue weighted by Gasteiger charge is -2.26. The molecule has 2 N–H and O–H groups in total. The van der Waals surface area contributed by atoms with Gasteiger partial charge in [0.25, 0.3) is 0 Å². The van der Waals surface area contributed by atoms with E-state index in [1.165, 1.54) is 32.4 Å². The molecule has 0 saturated carbocycles. The van der Waals surface area contributed by atoms with Crippen LogP contribution >= 0.6 is 0 Å². The molecule has 0 aromatic carbocycles. The van der Waals surface area contributed by atoms with E-state index in [0.717, 1.165) is 18.8 Å². The zero-order valence-electron chi connectivity index (χ0n) is 10.3. The Morgan fingerprint density at radius 3 is 2.59 bits per heavy atom. The molecule has 0 radical (unpaired) electrons. The van der Waals surface area contributed by atoms with Crippen LogP contribution in [0.2, 0.25) is 0 Å². The van der Waals surface area contributed by atoms with Crippen molar-refractivity contribution in [1.82, 2.24) is 14.7 Å². The van der Waals surface area contributed by atoms with Gasteiger partial charge in [-0.2, -0.15) is 10.4 Å². The van der Waals surface area contributed by atoms with Crippen LogP contribution in [0.5, 0.6) is 0 Å². The highest BCUT2D eigenvalue weighted by molar-refractivity contribution is 5.51. The lowest BCUT2D eigenvalue weighted by atomic mass is 10.1. The van der Waals surface area contributed by atoms with Gasteiger partial charge in [-0.25, -0.2) is 4.68 Å². The SMILES string of the molecule is Cc1nn(CCN2CCCCC2)c(N)c1C#N. The molecule has 5 nitrogen and oxygen atoms in total. The Hall–Kier alpha value is -1.54. The maximum absolute atomic E-state index is 8.94. The third-order valence-electron chi connectivity index (χ3n) is 3.36. The number of likely N-dealkylation sites (tertiary alicyclic amines) is 1. The third-order valence-corrected chi connectivity index (χ3v) is 3.36. The summed E-state index contributed by atoms with van der Waals surface area (Å²) in [5, 5.41) is 13.2. The lowest BCUT2D eigenvalue weighted by molar-refractivity contribution is 0.218. The molecule has 0 spiro atoms. The van der Waals surface area contributed by atoms with Gasteiger partial charge in [0.2, 0.25) is 0 Å². The highest BCUT2D eigenvalue weighted by atomic mass is 15.3. The van der Waals surface area contributed by atoms with Crippen LogP contribution in [0.4, 0.5) is 5.82 Å². The zero-order chi connectivity index (χ0) is 12.3. The Morgan fingerprint density at radius 1 is 1.29 bits per heavy atom. The van der Waals surface area contributed by atoms with Crippen LogP contribution in [0.25, 0.3) is 0 Å². The molecule has 17 heavy (non-hydrogen) atoms. The van der Waals surface area contributed by atoms with E-state index in [1.807, 2.05) is 6.92 Å². The monoisotopic (exact) mass is 233 g/mol. The van der Waals surface area contributed by atoms with E-state index in [2.05, 4.69) is 16.1 Å². The summed E-state index contributed by atoms with van der Waals surface area (Å²) >= 11 is 0. The average molecular weight is 233 g/mol. The van der Waals surface area contributed by atoms with Gasteiger partial charge < -0.3 is 10.6 Å². The van der Waals surface area contributed by atoms with Crippen molar-refractivity contribution in [2.45, 2.75) is 32.7 Å². The molecule has 1 aliphatic heterocycles. The summed E-state index contributed by atoms with van der Waals surface area (Å²) in [6, 6.07) is 2.10. The van der Waals surface area contributed by atoms with Gasteiger partial charge in [-0.3, -0.25) is 0 Å². The third kappa shape index (κ3) is 2.59. The predicted octanol–water partition coefficient (Wildman–Crippen LogP) is 1.13. The zero-order valence-corrected chi connectivity index (χ0v) is 10.3. The fourth-order valence-electron chi connectivity index (χ4n) is 2.33. The second-order valence-corrected chi connectivity index (χ2v) is 4.58. The van der Waals surface area contributed by atoms with Crippen molar-refractivity contribution in [2.75, 3.05) is 25.4 Å². The first-order chi connectivity index (χ1) is 8.22. The number of hydrogen-bond donors (Lipinski definition) is 1. The van der Waals surface area contributed by atoms with Gasteiger partial charge in [-0.15, -0.1) is 0 Å². The second-order valence-electron chi connectivity index (χ2n) is 4.58. The highest BCUT2D eigenvalue weighted by Gasteiger charge is 2.14. The van der Waals surface area contributed by atoms with Crippen molar-refractivity contribution in [1.29, 1.82) is 5.26 Å². The van der Waals surface area contributed by atoms with E-state index < -0.39 is 0 Å². The molecule has 0 amide bonds. The van der Waals surface area contributed by atoms with E-state index in [-0.39, 0.29) is 0 Å². The van der Waals surface area contributed by atoms with Gasteiger partial charge in [0, 0.05) is 6.54 Å². The van der Waals surface area contributed by atoms with Crippen molar-refractivity contribution >= 4 is 5.82 Å². The van der Waals surface area contributed by atoms with Gasteiger partial charge in [-0.05, 0) is 32.9 Å². The van der Waals surface area contributed by atoms with E-state index in [4.69, 9.17) is 11.0 Å². The van der Waals surface area contributed by atoms with Crippen LogP contribution in [0.15, 0.2) is 0 Å². The first-order valence-electron chi connectivity index (χ1n) is 6.17. The second kappa shape index (κ2) is 5.19. The minimum Gasteiger partial charge on any atom is -0.383 e. The summed E-state index contributed by atoms with van der Waals surface area (Å²) in [6.45, 7) is 5.91. The van der Waals surface area contributed by atoms with Crippen molar-refractivity contribution in [3.05, 3.63) is 11.3 Å². The maximum Gasteiger partial charge on any atom is 0.140 e. The van der Waals surface area contributed by atoms with Crippen molar-refractivity contribution in [2.24, 2.45) is 0 Å². The summed E-state index contributed by atoms with van der Waals surface area (Å²) in [6.07, 6.45) is 3.92. The van der Waals surface area contributed by atoms with Gasteiger partial charge in [0.1, 0.15) is 17.5 Å². The molecule has 0 aliphatic carbocycles. The largest absolute Gasteiger partial charge is 0.383 e. The summed E-state index contributed by atoms with van der Waals surface area (Å²) in [5.74, 6) is 0.502. The fourth-order valence-corrected chi connectivity index (χ4v) is 2.33. The molecule has 92 valence electrons. The summed E-state index contributed by atoms with van der Waals surface area (Å²) in [5.41, 5.74) is 7.13. The minimum absolute atomic E-state index is 0.502. The Bertz CT molecular complexity index is 423. The summed E-state index contributed by atoms with van der Waals surface area (Å²) < 4.78 is 1.75. The number of nitrogens with two attached hydrogens (primary N) is 1. The molecule has 0 unspecified atom stereocenters. The molecule has 2 heterocycles. The molecular formula is C12H19N5. The number of rotatable bonds is 3. The Morgan fingerprint density at radius 2 is 2.00 bits per heavy atom. The standard InChI is InChI=1S/C12H19N5/c1-10-11(9-13)12(14)17(15-10)8-7-16-5-3-2-4-6-16/h2-8,14H2,1H3. The van der Waals surface area contributed by atoms with E-state index >= 15 is 0 Å². The topological polar surface area (TPSA) is 70.9 Å². The average Bonchev–Trinajstić information content (AvgIpc) is 2.63. The van der Waals surface area contributed by atoms with E-state index in [9.17, 15) is 0 Å². The molecule has 1 fully saturated rings. The number of anilines is 1. The van der Waals surface area contributed by atoms with Crippen molar-refractivity contribution < 1.29 is 0 Å². The first-order valence-corrected chi connectivity index (χ1v) is 6.17. The molecule has 5 heteroatoms. The molecule has 1 aliphatic rings. The molecular weight excluding hydrogens is 214 g/mol. The number of aryl methyl sites for hydroxylation is 1. The van der Waals surface area contributed by atoms with Crippen molar-refractivity contribution in [3.8, 4) is 6.07 Å². The molecule has 0 bridgehead atoms. The highest BCUT2D eigenvalue weighted by Crippen LogP contribution is 2.15. The number of nitrogens with zero attached hydrogens (tertiary/aromatic N) is 4.